The summed E-state index contributed by atoms with van der Waals surface area (Å²) in [5, 5.41) is 0. The molecule has 1 saturated heterocycles. The van der Waals surface area contributed by atoms with Crippen molar-refractivity contribution in [3.05, 3.63) is 0 Å². The van der Waals surface area contributed by atoms with Crippen molar-refractivity contribution < 1.29 is 9.59 Å². The Kier molecular flexibility index (Phi) is 2.54. The fourth-order valence-electron chi connectivity index (χ4n) is 2.56. The quantitative estimate of drug-likeness (QED) is 0.681. The summed E-state index contributed by atoms with van der Waals surface area (Å²) < 4.78 is 0. The van der Waals surface area contributed by atoms with Gasteiger partial charge in [0.05, 0.1) is 0 Å². The van der Waals surface area contributed by atoms with Crippen molar-refractivity contribution in [1.82, 2.24) is 4.90 Å². The maximum atomic E-state index is 11.8. The molecule has 2 fully saturated rings. The lowest BCUT2D eigenvalue weighted by Gasteiger charge is -2.46. The summed E-state index contributed by atoms with van der Waals surface area (Å²) in [6.45, 7) is 2.18. The zero-order valence-electron chi connectivity index (χ0n) is 9.16. The van der Waals surface area contributed by atoms with E-state index in [0.717, 1.165) is 19.3 Å². The monoisotopic (exact) mass is 210 g/mol. The number of nitrogens with zero attached hydrogens (tertiary/aromatic N) is 1. The molecule has 1 heterocycles. The van der Waals surface area contributed by atoms with E-state index >= 15 is 0 Å². The maximum Gasteiger partial charge on any atom is 0.229 e. The molecule has 0 aromatic carbocycles. The van der Waals surface area contributed by atoms with Crippen LogP contribution in [-0.2, 0) is 9.59 Å². The minimum absolute atomic E-state index is 0.0248. The van der Waals surface area contributed by atoms with Crippen molar-refractivity contribution in [3.63, 3.8) is 0 Å². The van der Waals surface area contributed by atoms with E-state index in [1.54, 1.807) is 0 Å². The zero-order chi connectivity index (χ0) is 11.1. The number of amides is 2. The minimum atomic E-state index is -0.131. The van der Waals surface area contributed by atoms with Gasteiger partial charge in [0.25, 0.3) is 0 Å². The highest BCUT2D eigenvalue weighted by atomic mass is 16.2. The topological polar surface area (TPSA) is 63.4 Å². The van der Waals surface area contributed by atoms with Crippen molar-refractivity contribution in [2.45, 2.75) is 45.1 Å². The van der Waals surface area contributed by atoms with Crippen molar-refractivity contribution in [1.29, 1.82) is 0 Å². The van der Waals surface area contributed by atoms with Gasteiger partial charge in [-0.25, -0.2) is 0 Å². The van der Waals surface area contributed by atoms with E-state index in [1.165, 1.54) is 4.90 Å². The van der Waals surface area contributed by atoms with Gasteiger partial charge in [-0.1, -0.05) is 6.42 Å². The number of rotatable bonds is 2. The molecule has 2 aliphatic rings. The Morgan fingerprint density at radius 3 is 2.20 bits per heavy atom. The van der Waals surface area contributed by atoms with E-state index in [-0.39, 0.29) is 23.3 Å². The predicted octanol–water partition coefficient (Wildman–Crippen LogP) is 0.653. The molecular weight excluding hydrogens is 192 g/mol. The summed E-state index contributed by atoms with van der Waals surface area (Å²) in [6, 6.07) is -0.131. The Hall–Kier alpha value is -0.900. The Labute approximate surface area is 89.8 Å². The standard InChI is InChI=1S/C11H18N2O2/c1-8(12)7-13-9(14)5-11(3-2-4-11)6-10(13)15/h8H,2-7,12H2,1H3. The van der Waals surface area contributed by atoms with Crippen LogP contribution in [0.5, 0.6) is 0 Å². The van der Waals surface area contributed by atoms with Crippen molar-refractivity contribution in [3.8, 4) is 0 Å². The van der Waals surface area contributed by atoms with Crippen LogP contribution in [0.4, 0.5) is 0 Å². The van der Waals surface area contributed by atoms with Gasteiger partial charge in [-0.3, -0.25) is 14.5 Å². The molecule has 0 radical (unpaired) electrons. The molecule has 4 nitrogen and oxygen atoms in total. The highest BCUT2D eigenvalue weighted by Crippen LogP contribution is 2.49. The van der Waals surface area contributed by atoms with Crippen LogP contribution in [0.2, 0.25) is 0 Å². The number of nitrogens with two attached hydrogens (primary N) is 1. The third kappa shape index (κ3) is 1.91. The molecule has 4 heteroatoms. The first-order valence-electron chi connectivity index (χ1n) is 5.61. The number of likely N-dealkylation sites (tertiary alicyclic amines) is 1. The van der Waals surface area contributed by atoms with E-state index in [4.69, 9.17) is 5.73 Å². The second-order valence-corrected chi connectivity index (χ2v) is 5.08. The van der Waals surface area contributed by atoms with Gasteiger partial charge in [-0.05, 0) is 25.2 Å². The van der Waals surface area contributed by atoms with E-state index in [0.29, 0.717) is 19.4 Å². The molecule has 84 valence electrons. The van der Waals surface area contributed by atoms with Crippen LogP contribution in [0, 0.1) is 5.41 Å². The highest BCUT2D eigenvalue weighted by Gasteiger charge is 2.47. The summed E-state index contributed by atoms with van der Waals surface area (Å²) in [7, 11) is 0. The predicted molar refractivity (Wildman–Crippen MR) is 55.9 cm³/mol. The summed E-state index contributed by atoms with van der Waals surface area (Å²) in [4.78, 5) is 24.9. The molecular formula is C11H18N2O2. The lowest BCUT2D eigenvalue weighted by Crippen LogP contribution is -2.52. The van der Waals surface area contributed by atoms with Gasteiger partial charge in [-0.15, -0.1) is 0 Å². The van der Waals surface area contributed by atoms with Crippen LogP contribution in [-0.4, -0.2) is 29.3 Å². The molecule has 1 spiro atoms. The number of carbonyl (C=O) groups is 2. The minimum Gasteiger partial charge on any atom is -0.326 e. The number of hydrogen-bond acceptors (Lipinski definition) is 3. The zero-order valence-corrected chi connectivity index (χ0v) is 9.16. The van der Waals surface area contributed by atoms with Crippen LogP contribution in [0.25, 0.3) is 0 Å². The fourth-order valence-corrected chi connectivity index (χ4v) is 2.56. The summed E-state index contributed by atoms with van der Waals surface area (Å²) in [5.41, 5.74) is 5.65. The third-order valence-electron chi connectivity index (χ3n) is 3.54. The number of carbonyl (C=O) groups excluding carboxylic acids is 2. The molecule has 2 rings (SSSR count). The van der Waals surface area contributed by atoms with Crippen LogP contribution in [0.1, 0.15) is 39.0 Å². The molecule has 1 atom stereocenters. The Morgan fingerprint density at radius 2 is 1.87 bits per heavy atom. The number of imide groups is 1. The lowest BCUT2D eigenvalue weighted by atomic mass is 9.63. The van der Waals surface area contributed by atoms with Crippen molar-refractivity contribution in [2.75, 3.05) is 6.54 Å². The van der Waals surface area contributed by atoms with E-state index in [9.17, 15) is 9.59 Å². The molecule has 0 aromatic rings. The van der Waals surface area contributed by atoms with Crippen LogP contribution in [0.3, 0.4) is 0 Å². The molecule has 1 aliphatic heterocycles. The lowest BCUT2D eigenvalue weighted by molar-refractivity contribution is -0.156. The van der Waals surface area contributed by atoms with Gasteiger partial charge in [-0.2, -0.15) is 0 Å². The number of piperidine rings is 1. The fraction of sp³-hybridized carbons (Fsp3) is 0.818. The molecule has 0 aromatic heterocycles. The smallest absolute Gasteiger partial charge is 0.229 e. The van der Waals surface area contributed by atoms with Gasteiger partial charge in [0.1, 0.15) is 0 Å². The molecule has 0 bridgehead atoms. The van der Waals surface area contributed by atoms with E-state index in [2.05, 4.69) is 0 Å². The SMILES string of the molecule is CC(N)CN1C(=O)CC2(CCC2)CC1=O. The largest absolute Gasteiger partial charge is 0.326 e. The van der Waals surface area contributed by atoms with Crippen LogP contribution < -0.4 is 5.73 Å². The van der Waals surface area contributed by atoms with Crippen LogP contribution in [0.15, 0.2) is 0 Å². The van der Waals surface area contributed by atoms with Crippen LogP contribution >= 0.6 is 0 Å². The molecule has 2 amide bonds. The highest BCUT2D eigenvalue weighted by molar-refractivity contribution is 5.98. The first kappa shape index (κ1) is 10.6. The Morgan fingerprint density at radius 1 is 1.33 bits per heavy atom. The first-order valence-corrected chi connectivity index (χ1v) is 5.61. The second kappa shape index (κ2) is 3.59. The summed E-state index contributed by atoms with van der Waals surface area (Å²) in [5.74, 6) is -0.0495. The Bertz CT molecular complexity index is 275. The summed E-state index contributed by atoms with van der Waals surface area (Å²) >= 11 is 0. The molecule has 1 unspecified atom stereocenters. The Balaban J connectivity index is 2.04. The van der Waals surface area contributed by atoms with Crippen molar-refractivity contribution in [2.24, 2.45) is 11.1 Å². The molecule has 1 saturated carbocycles. The van der Waals surface area contributed by atoms with Gasteiger partial charge in [0.2, 0.25) is 11.8 Å². The third-order valence-corrected chi connectivity index (χ3v) is 3.54. The summed E-state index contributed by atoms with van der Waals surface area (Å²) in [6.07, 6.45) is 4.33. The molecule has 2 N–H and O–H groups in total. The molecule has 15 heavy (non-hydrogen) atoms. The van der Waals surface area contributed by atoms with Gasteiger partial charge >= 0.3 is 0 Å². The number of hydrogen-bond donors (Lipinski definition) is 1. The first-order chi connectivity index (χ1) is 7.02. The molecule has 1 aliphatic carbocycles. The normalized spacial score (nSPS) is 26.7. The van der Waals surface area contributed by atoms with Gasteiger partial charge in [0.15, 0.2) is 0 Å². The average Bonchev–Trinajstić information content (AvgIpc) is 2.08. The van der Waals surface area contributed by atoms with E-state index in [1.807, 2.05) is 6.92 Å². The van der Waals surface area contributed by atoms with Gasteiger partial charge in [0, 0.05) is 25.4 Å². The van der Waals surface area contributed by atoms with Gasteiger partial charge < -0.3 is 5.73 Å². The second-order valence-electron chi connectivity index (χ2n) is 5.08. The van der Waals surface area contributed by atoms with Crippen molar-refractivity contribution >= 4 is 11.8 Å². The average molecular weight is 210 g/mol. The van der Waals surface area contributed by atoms with E-state index < -0.39 is 0 Å². The maximum absolute atomic E-state index is 11.8.